The molecule has 2 heterocycles. The third kappa shape index (κ3) is 9.61. The molecule has 0 fully saturated rings. The van der Waals surface area contributed by atoms with E-state index >= 15 is 0 Å². The summed E-state index contributed by atoms with van der Waals surface area (Å²) in [6.07, 6.45) is 0.672. The van der Waals surface area contributed by atoms with Gasteiger partial charge in [0.05, 0.1) is 65.5 Å². The van der Waals surface area contributed by atoms with Crippen molar-refractivity contribution in [2.24, 2.45) is 4.99 Å². The number of rotatable bonds is 8. The van der Waals surface area contributed by atoms with Gasteiger partial charge in [-0.1, -0.05) is 30.3 Å². The largest absolute Gasteiger partial charge is 0.478 e. The van der Waals surface area contributed by atoms with Crippen molar-refractivity contribution >= 4 is 68.2 Å². The van der Waals surface area contributed by atoms with Gasteiger partial charge in [0.1, 0.15) is 5.82 Å². The Labute approximate surface area is 362 Å². The first kappa shape index (κ1) is 42.7. The second kappa shape index (κ2) is 18.0. The molecular formula is C46H36N10O8. The van der Waals surface area contributed by atoms with Crippen LogP contribution >= 0.6 is 0 Å². The van der Waals surface area contributed by atoms with E-state index in [9.17, 15) is 35.1 Å². The van der Waals surface area contributed by atoms with Gasteiger partial charge in [0.25, 0.3) is 17.1 Å². The number of nitro groups is 3. The maximum absolute atomic E-state index is 10.9. The fourth-order valence-corrected chi connectivity index (χ4v) is 6.61. The zero-order chi connectivity index (χ0) is 45.7. The molecule has 0 spiro atoms. The first-order valence-electron chi connectivity index (χ1n) is 19.1. The number of nitrogens with two attached hydrogens (primary N) is 4. The molecule has 18 heteroatoms. The smallest absolute Gasteiger partial charge is 0.335 e. The highest BCUT2D eigenvalue weighted by Gasteiger charge is 2.18. The summed E-state index contributed by atoms with van der Waals surface area (Å²) in [4.78, 5) is 53.6. The minimum atomic E-state index is -1.09. The summed E-state index contributed by atoms with van der Waals surface area (Å²) in [5.74, 6) is -0.451. The second-order valence-electron chi connectivity index (χ2n) is 14.3. The Morgan fingerprint density at radius 1 is 0.531 bits per heavy atom. The summed E-state index contributed by atoms with van der Waals surface area (Å²) in [6, 6.07) is 40.6. The average molecular weight is 857 g/mol. The number of nitrogen functional groups attached to an aromatic ring is 4. The fourth-order valence-electron chi connectivity index (χ4n) is 6.61. The lowest BCUT2D eigenvalue weighted by molar-refractivity contribution is -0.385. The normalized spacial score (nSPS) is 11.3. The summed E-state index contributed by atoms with van der Waals surface area (Å²) >= 11 is 0. The van der Waals surface area contributed by atoms with E-state index in [4.69, 9.17) is 33.0 Å². The summed E-state index contributed by atoms with van der Waals surface area (Å²) in [5.41, 5.74) is 35.2. The zero-order valence-corrected chi connectivity index (χ0v) is 33.4. The number of carbonyl (C=O) groups is 1. The molecule has 0 radical (unpaired) electrons. The van der Waals surface area contributed by atoms with Gasteiger partial charge >= 0.3 is 5.97 Å². The maximum Gasteiger partial charge on any atom is 0.335 e. The van der Waals surface area contributed by atoms with Crippen LogP contribution in [0.5, 0.6) is 0 Å². The number of aliphatic imine (C=N–C) groups is 1. The van der Waals surface area contributed by atoms with Crippen molar-refractivity contribution in [1.82, 2.24) is 9.97 Å². The van der Waals surface area contributed by atoms with Crippen molar-refractivity contribution in [1.29, 1.82) is 0 Å². The van der Waals surface area contributed by atoms with Crippen LogP contribution in [-0.4, -0.2) is 41.5 Å². The van der Waals surface area contributed by atoms with Crippen LogP contribution in [0.4, 0.5) is 45.5 Å². The van der Waals surface area contributed by atoms with Gasteiger partial charge < -0.3 is 33.0 Å². The number of hydrogen-bond acceptors (Lipinski definition) is 13. The Morgan fingerprint density at radius 2 is 0.969 bits per heavy atom. The van der Waals surface area contributed by atoms with Crippen LogP contribution in [0.3, 0.4) is 0 Å². The molecule has 0 unspecified atom stereocenters. The van der Waals surface area contributed by atoms with Gasteiger partial charge in [0.15, 0.2) is 0 Å². The number of carboxylic acids is 1. The van der Waals surface area contributed by atoms with E-state index in [-0.39, 0.29) is 22.6 Å². The van der Waals surface area contributed by atoms with Crippen molar-refractivity contribution in [3.63, 3.8) is 0 Å². The van der Waals surface area contributed by atoms with E-state index in [1.54, 1.807) is 36.4 Å². The number of aromatic nitrogens is 2. The lowest BCUT2D eigenvalue weighted by atomic mass is 10.00. The van der Waals surface area contributed by atoms with Gasteiger partial charge in [-0.15, -0.1) is 0 Å². The van der Waals surface area contributed by atoms with Crippen molar-refractivity contribution in [3.8, 4) is 33.6 Å². The molecule has 1 aliphatic heterocycles. The number of benzene rings is 7. The number of hydrogen-bond donors (Lipinski definition) is 6. The summed E-state index contributed by atoms with van der Waals surface area (Å²) in [5, 5.41) is 40.4. The molecule has 0 aliphatic carbocycles. The first-order valence-corrected chi connectivity index (χ1v) is 19.1. The number of anilines is 4. The quantitative estimate of drug-likeness (QED) is 0.0472. The van der Waals surface area contributed by atoms with Crippen LogP contribution < -0.4 is 22.9 Å². The highest BCUT2D eigenvalue weighted by molar-refractivity contribution is 6.07. The Balaban J connectivity index is 0.000000179. The Bertz CT molecular complexity index is 3050. The summed E-state index contributed by atoms with van der Waals surface area (Å²) in [6.45, 7) is 0. The van der Waals surface area contributed by atoms with Crippen LogP contribution in [0.15, 0.2) is 151 Å². The number of H-pyrrole nitrogens is 1. The molecule has 0 saturated heterocycles. The number of carboxylic acid groups (broad SMARTS) is 1. The van der Waals surface area contributed by atoms with Gasteiger partial charge in [0.2, 0.25) is 0 Å². The Hall–Kier alpha value is -9.45. The topological polar surface area (TPSA) is 312 Å². The van der Waals surface area contributed by atoms with E-state index < -0.39 is 20.7 Å². The van der Waals surface area contributed by atoms with Crippen LogP contribution in [0.25, 0.3) is 44.7 Å². The number of imidazole rings is 1. The predicted octanol–water partition coefficient (Wildman–Crippen LogP) is 9.37. The number of nitrogens with one attached hydrogen (secondary N) is 1. The Morgan fingerprint density at radius 3 is 1.47 bits per heavy atom. The zero-order valence-electron chi connectivity index (χ0n) is 33.4. The predicted molar refractivity (Wildman–Crippen MR) is 246 cm³/mol. The molecule has 1 aliphatic rings. The monoisotopic (exact) mass is 856 g/mol. The maximum atomic E-state index is 10.9. The van der Waals surface area contributed by atoms with Crippen LogP contribution in [0.1, 0.15) is 21.5 Å². The molecule has 64 heavy (non-hydrogen) atoms. The molecule has 0 saturated carbocycles. The number of fused-ring (bicyclic) bond motifs is 2. The van der Waals surface area contributed by atoms with Crippen molar-refractivity contribution in [3.05, 3.63) is 193 Å². The van der Waals surface area contributed by atoms with Gasteiger partial charge in [-0.2, -0.15) is 0 Å². The van der Waals surface area contributed by atoms with E-state index in [2.05, 4.69) is 22.1 Å². The molecule has 9 rings (SSSR count). The second-order valence-corrected chi connectivity index (χ2v) is 14.3. The van der Waals surface area contributed by atoms with Crippen molar-refractivity contribution < 1.29 is 24.7 Å². The minimum absolute atomic E-state index is 0.0353. The molecule has 18 nitrogen and oxygen atoms in total. The van der Waals surface area contributed by atoms with Gasteiger partial charge in [-0.05, 0) is 112 Å². The molecule has 7 aromatic carbocycles. The molecule has 0 atom stereocenters. The van der Waals surface area contributed by atoms with Crippen LogP contribution in [0.2, 0.25) is 0 Å². The highest BCUT2D eigenvalue weighted by atomic mass is 16.6. The van der Waals surface area contributed by atoms with Crippen LogP contribution in [-0.2, 0) is 6.42 Å². The van der Waals surface area contributed by atoms with E-state index in [0.717, 1.165) is 73.5 Å². The molecule has 0 amide bonds. The molecule has 1 aromatic heterocycles. The summed E-state index contributed by atoms with van der Waals surface area (Å²) < 4.78 is 0. The summed E-state index contributed by atoms with van der Waals surface area (Å²) in [7, 11) is 0. The van der Waals surface area contributed by atoms with E-state index in [1.807, 2.05) is 48.5 Å². The van der Waals surface area contributed by atoms with Crippen molar-refractivity contribution in [2.45, 2.75) is 6.42 Å². The first-order chi connectivity index (χ1) is 30.6. The third-order valence-electron chi connectivity index (χ3n) is 10.1. The number of aromatic carboxylic acids is 1. The lowest BCUT2D eigenvalue weighted by Gasteiger charge is -2.07. The van der Waals surface area contributed by atoms with Crippen LogP contribution in [0, 0.1) is 30.3 Å². The number of nitrogens with zero attached hydrogens (tertiary/aromatic N) is 5. The molecule has 8 aromatic rings. The van der Waals surface area contributed by atoms with E-state index in [1.165, 1.54) is 36.4 Å². The highest BCUT2D eigenvalue weighted by Crippen LogP contribution is 2.35. The number of aromatic amines is 1. The third-order valence-corrected chi connectivity index (χ3v) is 10.1. The molecule has 318 valence electrons. The fraction of sp³-hybridized carbons (Fsp3) is 0.0217. The number of nitro benzene ring substituents is 3. The SMILES string of the molecule is Nc1ccc(-c2ccc(N)c(N)c2)cc1N.O=C(O)c1ccc([N+](=O)[O-])cc1.O=[N+]([O-])c1ccc(C2=Nc3cc(-c4ccc5nc(-c6ccc([N+](=O)[O-])cc6)[nH]c5c4)ccc3C2)cc1. The van der Waals surface area contributed by atoms with Crippen molar-refractivity contribution in [2.75, 3.05) is 22.9 Å². The van der Waals surface area contributed by atoms with Gasteiger partial charge in [-0.3, -0.25) is 35.3 Å². The van der Waals surface area contributed by atoms with E-state index in [0.29, 0.717) is 35.0 Å². The molecular weight excluding hydrogens is 821 g/mol. The van der Waals surface area contributed by atoms with Gasteiger partial charge in [0, 0.05) is 48.4 Å². The Kier molecular flexibility index (Phi) is 12.0. The molecule has 10 N–H and O–H groups in total. The average Bonchev–Trinajstić information content (AvgIpc) is 3.93. The standard InChI is InChI=1S/C27H17N5O4.C12H14N4.C7H5NO4/c33-31(34)21-8-3-16(4-9-21)24-15-20-2-1-18(13-25(20)28-24)19-7-12-23-26(14-19)30-27(29-23)17-5-10-22(11-6-17)32(35)36;13-9-3-1-7(5-11(9)15)8-2-4-10(14)12(16)6-8;9-7(10)5-1-3-6(4-2-5)8(11)12/h1-14H,15H2,(H,29,30);1-6H,13-16H2;1-4H,(H,9,10). The lowest BCUT2D eigenvalue weighted by Crippen LogP contribution is -2.00. The molecule has 0 bridgehead atoms. The number of non-ortho nitro benzene ring substituents is 3. The minimum Gasteiger partial charge on any atom is -0.478 e. The van der Waals surface area contributed by atoms with Gasteiger partial charge in [-0.25, -0.2) is 9.78 Å².